The van der Waals surface area contributed by atoms with Gasteiger partial charge in [0.2, 0.25) is 0 Å². The number of aliphatic hydroxyl groups excluding tert-OH is 1. The highest BCUT2D eigenvalue weighted by Crippen LogP contribution is 2.44. The van der Waals surface area contributed by atoms with Gasteiger partial charge in [0.25, 0.3) is 5.06 Å². The molecule has 4 nitrogen and oxygen atoms in total. The highest BCUT2D eigenvalue weighted by atomic mass is 35.5. The summed E-state index contributed by atoms with van der Waals surface area (Å²) < 4.78 is 13.9. The molecule has 0 saturated carbocycles. The predicted octanol–water partition coefficient (Wildman–Crippen LogP) is 3.79. The first-order valence-corrected chi connectivity index (χ1v) is 6.24. The van der Waals surface area contributed by atoms with E-state index < -0.39 is 15.9 Å². The SMILES string of the molecule is OC(Cl)C(Cl)(OCl)C(Cl)(OCl)Oc1ccccc1. The molecule has 0 bridgehead atoms. The van der Waals surface area contributed by atoms with E-state index in [9.17, 15) is 5.11 Å². The molecular weight excluding hydrogens is 349 g/mol. The van der Waals surface area contributed by atoms with Crippen LogP contribution in [0.3, 0.4) is 0 Å². The zero-order valence-electron chi connectivity index (χ0n) is 8.53. The van der Waals surface area contributed by atoms with E-state index in [2.05, 4.69) is 8.58 Å². The molecule has 0 amide bonds. The van der Waals surface area contributed by atoms with Gasteiger partial charge < -0.3 is 9.84 Å². The maximum absolute atomic E-state index is 9.34. The van der Waals surface area contributed by atoms with Crippen molar-refractivity contribution in [2.75, 3.05) is 0 Å². The van der Waals surface area contributed by atoms with Crippen LogP contribution in [0.1, 0.15) is 0 Å². The Labute approximate surface area is 129 Å². The standard InChI is InChI=1S/C9H7Cl5O4/c10-7(15)8(11,17-13)9(12,18-14)16-6-4-2-1-3-5-6/h1-5,7,15H. The molecule has 0 aliphatic rings. The first-order chi connectivity index (χ1) is 8.39. The number of benzene rings is 1. The lowest BCUT2D eigenvalue weighted by Gasteiger charge is -2.37. The summed E-state index contributed by atoms with van der Waals surface area (Å²) >= 11 is 27.5. The molecule has 3 atom stereocenters. The molecule has 0 aromatic heterocycles. The molecule has 3 unspecified atom stereocenters. The van der Waals surface area contributed by atoms with Crippen LogP contribution in [0.4, 0.5) is 0 Å². The van der Waals surface area contributed by atoms with Crippen molar-refractivity contribution in [2.45, 2.75) is 15.9 Å². The van der Waals surface area contributed by atoms with E-state index in [1.165, 1.54) is 0 Å². The number of halogens is 5. The predicted molar refractivity (Wildman–Crippen MR) is 70.0 cm³/mol. The van der Waals surface area contributed by atoms with Crippen LogP contribution in [0.15, 0.2) is 30.3 Å². The zero-order valence-corrected chi connectivity index (χ0v) is 12.3. The summed E-state index contributed by atoms with van der Waals surface area (Å²) in [5.74, 6) is 0.240. The molecule has 0 heterocycles. The van der Waals surface area contributed by atoms with Gasteiger partial charge in [-0.05, 0) is 23.7 Å². The quantitative estimate of drug-likeness (QED) is 0.622. The smallest absolute Gasteiger partial charge is 0.357 e. The normalized spacial score (nSPS) is 19.7. The summed E-state index contributed by atoms with van der Waals surface area (Å²) in [5, 5.41) is 4.62. The number of ether oxygens (including phenoxy) is 1. The third kappa shape index (κ3) is 3.26. The lowest BCUT2D eigenvalue weighted by Crippen LogP contribution is -2.56. The number of hydrogen-bond acceptors (Lipinski definition) is 4. The summed E-state index contributed by atoms with van der Waals surface area (Å²) in [6.07, 6.45) is 0. The fraction of sp³-hybridized carbons (Fsp3) is 0.333. The molecule has 0 spiro atoms. The van der Waals surface area contributed by atoms with Crippen molar-refractivity contribution in [2.24, 2.45) is 0 Å². The van der Waals surface area contributed by atoms with Gasteiger partial charge in [0.1, 0.15) is 5.75 Å². The second kappa shape index (κ2) is 6.68. The Balaban J connectivity index is 3.05. The van der Waals surface area contributed by atoms with Crippen LogP contribution in [0.25, 0.3) is 0 Å². The van der Waals surface area contributed by atoms with Gasteiger partial charge in [0, 0.05) is 0 Å². The van der Waals surface area contributed by atoms with Crippen molar-refractivity contribution in [1.29, 1.82) is 0 Å². The first-order valence-electron chi connectivity index (χ1n) is 4.43. The average molecular weight is 356 g/mol. The summed E-state index contributed by atoms with van der Waals surface area (Å²) in [5.41, 5.74) is -1.86. The van der Waals surface area contributed by atoms with E-state index in [0.29, 0.717) is 0 Å². The minimum absolute atomic E-state index is 0.240. The highest BCUT2D eigenvalue weighted by Gasteiger charge is 2.61. The Bertz CT molecular complexity index is 378. The fourth-order valence-electron chi connectivity index (χ4n) is 1.00. The Kier molecular flexibility index (Phi) is 6.09. The number of rotatable bonds is 6. The fourth-order valence-corrected chi connectivity index (χ4v) is 2.01. The molecule has 102 valence electrons. The molecule has 1 aromatic rings. The van der Waals surface area contributed by atoms with Crippen LogP contribution in [0.5, 0.6) is 5.75 Å². The summed E-state index contributed by atoms with van der Waals surface area (Å²) in [6, 6.07) is 8.15. The second-order valence-electron chi connectivity index (χ2n) is 3.09. The molecule has 0 radical (unpaired) electrons. The van der Waals surface area contributed by atoms with Gasteiger partial charge in [0.15, 0.2) is 5.56 Å². The lowest BCUT2D eigenvalue weighted by atomic mass is 10.3. The van der Waals surface area contributed by atoms with Crippen molar-refractivity contribution >= 4 is 58.5 Å². The molecule has 1 aromatic carbocycles. The van der Waals surface area contributed by atoms with E-state index in [-0.39, 0.29) is 5.75 Å². The molecule has 9 heteroatoms. The summed E-state index contributed by atoms with van der Waals surface area (Å²) in [7, 11) is 0. The van der Waals surface area contributed by atoms with Gasteiger partial charge in [-0.25, -0.2) is 8.58 Å². The van der Waals surface area contributed by atoms with Gasteiger partial charge in [-0.1, -0.05) is 41.4 Å². The Hall–Kier alpha value is 0.350. The maximum atomic E-state index is 9.34. The topological polar surface area (TPSA) is 47.9 Å². The van der Waals surface area contributed by atoms with Crippen LogP contribution in [0.2, 0.25) is 0 Å². The Morgan fingerprint density at radius 3 is 2.00 bits per heavy atom. The highest BCUT2D eigenvalue weighted by molar-refractivity contribution is 6.38. The number of alkyl halides is 3. The number of aliphatic hydroxyl groups is 1. The van der Waals surface area contributed by atoms with Crippen molar-refractivity contribution in [3.8, 4) is 5.75 Å². The minimum atomic E-state index is -2.36. The van der Waals surface area contributed by atoms with E-state index in [0.717, 1.165) is 0 Å². The summed E-state index contributed by atoms with van der Waals surface area (Å²) in [4.78, 5) is 0. The summed E-state index contributed by atoms with van der Waals surface area (Å²) in [6.45, 7) is 0. The van der Waals surface area contributed by atoms with Crippen molar-refractivity contribution in [1.82, 2.24) is 0 Å². The monoisotopic (exact) mass is 354 g/mol. The third-order valence-electron chi connectivity index (χ3n) is 1.92. The molecule has 0 fully saturated rings. The largest absolute Gasteiger partial charge is 0.444 e. The molecule has 1 N–H and O–H groups in total. The molecule has 18 heavy (non-hydrogen) atoms. The van der Waals surface area contributed by atoms with Gasteiger partial charge >= 0.3 is 5.25 Å². The number of para-hydroxylation sites is 1. The van der Waals surface area contributed by atoms with Crippen molar-refractivity contribution in [3.05, 3.63) is 30.3 Å². The van der Waals surface area contributed by atoms with Gasteiger partial charge in [-0.15, -0.1) is 0 Å². The third-order valence-corrected chi connectivity index (χ3v) is 4.02. The zero-order chi connectivity index (χ0) is 13.8. The van der Waals surface area contributed by atoms with Gasteiger partial charge in [-0.2, -0.15) is 0 Å². The number of hydrogen-bond donors (Lipinski definition) is 1. The van der Waals surface area contributed by atoms with E-state index in [4.69, 9.17) is 63.3 Å². The Morgan fingerprint density at radius 1 is 1.06 bits per heavy atom. The van der Waals surface area contributed by atoms with Crippen LogP contribution >= 0.6 is 58.5 Å². The first kappa shape index (κ1) is 16.4. The van der Waals surface area contributed by atoms with Gasteiger partial charge in [0.05, 0.1) is 23.7 Å². The molecule has 1 rings (SSSR count). The van der Waals surface area contributed by atoms with Crippen LogP contribution in [-0.2, 0) is 8.58 Å². The van der Waals surface area contributed by atoms with Crippen molar-refractivity contribution < 1.29 is 18.4 Å². The minimum Gasteiger partial charge on any atom is -0.444 e. The lowest BCUT2D eigenvalue weighted by molar-refractivity contribution is -0.152. The van der Waals surface area contributed by atoms with E-state index in [1.807, 2.05) is 0 Å². The molecular formula is C9H7Cl5O4. The van der Waals surface area contributed by atoms with E-state index >= 15 is 0 Å². The molecule has 0 aliphatic carbocycles. The van der Waals surface area contributed by atoms with Crippen molar-refractivity contribution in [3.63, 3.8) is 0 Å². The molecule has 0 aliphatic heterocycles. The van der Waals surface area contributed by atoms with Crippen LogP contribution < -0.4 is 4.74 Å². The Morgan fingerprint density at radius 2 is 1.61 bits per heavy atom. The van der Waals surface area contributed by atoms with Crippen LogP contribution in [-0.4, -0.2) is 21.0 Å². The average Bonchev–Trinajstić information content (AvgIpc) is 2.38. The second-order valence-corrected chi connectivity index (χ2v) is 4.87. The van der Waals surface area contributed by atoms with Crippen LogP contribution in [0, 0.1) is 0 Å². The van der Waals surface area contributed by atoms with Gasteiger partial charge in [-0.3, -0.25) is 0 Å². The van der Waals surface area contributed by atoms with E-state index in [1.54, 1.807) is 30.3 Å². The maximum Gasteiger partial charge on any atom is 0.357 e. The molecule has 0 saturated heterocycles.